The van der Waals surface area contributed by atoms with Crippen LogP contribution in [0.2, 0.25) is 10.0 Å². The molecule has 0 amide bonds. The minimum absolute atomic E-state index is 0.0109. The van der Waals surface area contributed by atoms with Crippen LogP contribution in [-0.2, 0) is 12.8 Å². The third kappa shape index (κ3) is 2.60. The maximum absolute atomic E-state index is 6.35. The maximum atomic E-state index is 6.35. The van der Waals surface area contributed by atoms with Crippen LogP contribution in [-0.4, -0.2) is 12.0 Å². The highest BCUT2D eigenvalue weighted by atomic mass is 35.5. The lowest BCUT2D eigenvalue weighted by molar-refractivity contribution is 0.661. The van der Waals surface area contributed by atoms with Crippen molar-refractivity contribution >= 4 is 34.5 Å². The number of halogens is 2. The number of fused-ring (bicyclic) bond motifs is 1. The summed E-state index contributed by atoms with van der Waals surface area (Å²) in [6, 6.07) is 5.77. The Morgan fingerprint density at radius 1 is 1.25 bits per heavy atom. The minimum Gasteiger partial charge on any atom is -0.307 e. The highest BCUT2D eigenvalue weighted by Crippen LogP contribution is 2.36. The van der Waals surface area contributed by atoms with Crippen molar-refractivity contribution in [3.8, 4) is 0 Å². The summed E-state index contributed by atoms with van der Waals surface area (Å²) in [5, 5.41) is 5.60. The van der Waals surface area contributed by atoms with Gasteiger partial charge in [0.15, 0.2) is 0 Å². The standard InChI is InChI=1S/C15H16Cl2N2S/c1-18-14(9-5-4-6-10(16)13(9)17)15-19-11-7-2-3-8-12(11)20-15/h4-6,14,18H,2-3,7-8H2,1H3. The van der Waals surface area contributed by atoms with E-state index < -0.39 is 0 Å². The van der Waals surface area contributed by atoms with E-state index in [1.807, 2.05) is 25.2 Å². The van der Waals surface area contributed by atoms with Crippen LogP contribution in [0.5, 0.6) is 0 Å². The second kappa shape index (κ2) is 6.02. The Labute approximate surface area is 133 Å². The van der Waals surface area contributed by atoms with Crippen molar-refractivity contribution in [1.82, 2.24) is 10.3 Å². The van der Waals surface area contributed by atoms with Gasteiger partial charge in [0.2, 0.25) is 0 Å². The Morgan fingerprint density at radius 3 is 2.80 bits per heavy atom. The second-order valence-electron chi connectivity index (χ2n) is 4.99. The summed E-state index contributed by atoms with van der Waals surface area (Å²) in [4.78, 5) is 6.26. The predicted molar refractivity (Wildman–Crippen MR) is 86.1 cm³/mol. The first kappa shape index (κ1) is 14.3. The van der Waals surface area contributed by atoms with Crippen LogP contribution in [0, 0.1) is 0 Å². The van der Waals surface area contributed by atoms with Gasteiger partial charge in [-0.15, -0.1) is 11.3 Å². The number of rotatable bonds is 3. The molecule has 0 saturated carbocycles. The van der Waals surface area contributed by atoms with Crippen molar-refractivity contribution in [2.75, 3.05) is 7.05 Å². The molecular formula is C15H16Cl2N2S. The first-order chi connectivity index (χ1) is 9.70. The molecule has 0 radical (unpaired) electrons. The normalized spacial score (nSPS) is 15.9. The van der Waals surface area contributed by atoms with E-state index in [4.69, 9.17) is 28.2 Å². The molecule has 0 fully saturated rings. The number of hydrogen-bond acceptors (Lipinski definition) is 3. The first-order valence-electron chi connectivity index (χ1n) is 6.80. The van der Waals surface area contributed by atoms with E-state index in [0.717, 1.165) is 23.4 Å². The largest absolute Gasteiger partial charge is 0.307 e. The zero-order valence-corrected chi connectivity index (χ0v) is 13.6. The Morgan fingerprint density at radius 2 is 2.05 bits per heavy atom. The molecule has 20 heavy (non-hydrogen) atoms. The fourth-order valence-electron chi connectivity index (χ4n) is 2.65. The molecule has 1 N–H and O–H groups in total. The molecule has 1 atom stereocenters. The molecule has 2 nitrogen and oxygen atoms in total. The van der Waals surface area contributed by atoms with Gasteiger partial charge in [-0.05, 0) is 44.4 Å². The van der Waals surface area contributed by atoms with E-state index in [1.165, 1.54) is 23.4 Å². The van der Waals surface area contributed by atoms with Gasteiger partial charge in [-0.1, -0.05) is 35.3 Å². The fourth-order valence-corrected chi connectivity index (χ4v) is 4.35. The van der Waals surface area contributed by atoms with Crippen molar-refractivity contribution < 1.29 is 0 Å². The molecule has 5 heteroatoms. The van der Waals surface area contributed by atoms with Gasteiger partial charge in [0.05, 0.1) is 21.8 Å². The van der Waals surface area contributed by atoms with Crippen molar-refractivity contribution in [3.63, 3.8) is 0 Å². The third-order valence-corrected chi connectivity index (χ3v) is 5.75. The molecule has 1 unspecified atom stereocenters. The van der Waals surface area contributed by atoms with Crippen LogP contribution < -0.4 is 5.32 Å². The molecule has 1 aromatic carbocycles. The average Bonchev–Trinajstić information content (AvgIpc) is 2.87. The van der Waals surface area contributed by atoms with Crippen molar-refractivity contribution in [3.05, 3.63) is 49.4 Å². The smallest absolute Gasteiger partial charge is 0.115 e. The molecule has 0 saturated heterocycles. The number of aromatic nitrogens is 1. The summed E-state index contributed by atoms with van der Waals surface area (Å²) in [6.45, 7) is 0. The molecule has 3 rings (SSSR count). The summed E-state index contributed by atoms with van der Waals surface area (Å²) in [5.41, 5.74) is 2.27. The average molecular weight is 327 g/mol. The van der Waals surface area contributed by atoms with Gasteiger partial charge in [0.1, 0.15) is 5.01 Å². The van der Waals surface area contributed by atoms with Gasteiger partial charge in [-0.25, -0.2) is 4.98 Å². The monoisotopic (exact) mass is 326 g/mol. The van der Waals surface area contributed by atoms with E-state index >= 15 is 0 Å². The number of aryl methyl sites for hydroxylation is 2. The van der Waals surface area contributed by atoms with E-state index in [0.29, 0.717) is 10.0 Å². The third-order valence-electron chi connectivity index (χ3n) is 3.69. The maximum Gasteiger partial charge on any atom is 0.115 e. The Kier molecular flexibility index (Phi) is 4.32. The van der Waals surface area contributed by atoms with Gasteiger partial charge in [-0.3, -0.25) is 0 Å². The molecule has 0 spiro atoms. The van der Waals surface area contributed by atoms with Crippen LogP contribution >= 0.6 is 34.5 Å². The summed E-state index contributed by atoms with van der Waals surface area (Å²) >= 11 is 14.3. The lowest BCUT2D eigenvalue weighted by Gasteiger charge is -2.16. The Balaban J connectivity index is 2.01. The zero-order valence-electron chi connectivity index (χ0n) is 11.2. The van der Waals surface area contributed by atoms with Crippen LogP contribution in [0.1, 0.15) is 40.0 Å². The lowest BCUT2D eigenvalue weighted by atomic mass is 10.0. The number of benzene rings is 1. The van der Waals surface area contributed by atoms with E-state index in [-0.39, 0.29) is 6.04 Å². The van der Waals surface area contributed by atoms with Gasteiger partial charge >= 0.3 is 0 Å². The molecular weight excluding hydrogens is 311 g/mol. The highest BCUT2D eigenvalue weighted by Gasteiger charge is 2.23. The van der Waals surface area contributed by atoms with Gasteiger partial charge in [0, 0.05) is 4.88 Å². The first-order valence-corrected chi connectivity index (χ1v) is 8.37. The van der Waals surface area contributed by atoms with Gasteiger partial charge in [0.25, 0.3) is 0 Å². The number of hydrogen-bond donors (Lipinski definition) is 1. The van der Waals surface area contributed by atoms with E-state index in [1.54, 1.807) is 11.3 Å². The van der Waals surface area contributed by atoms with Crippen LogP contribution in [0.3, 0.4) is 0 Å². The Hall–Kier alpha value is -0.610. The molecule has 0 aliphatic heterocycles. The summed E-state index contributed by atoms with van der Waals surface area (Å²) < 4.78 is 0. The van der Waals surface area contributed by atoms with Crippen molar-refractivity contribution in [2.45, 2.75) is 31.7 Å². The molecule has 1 aliphatic rings. The molecule has 1 heterocycles. The topological polar surface area (TPSA) is 24.9 Å². The number of nitrogens with zero attached hydrogens (tertiary/aromatic N) is 1. The molecule has 1 aliphatic carbocycles. The van der Waals surface area contributed by atoms with Crippen LogP contribution in [0.25, 0.3) is 0 Å². The number of thiazole rings is 1. The fraction of sp³-hybridized carbons (Fsp3) is 0.400. The van der Waals surface area contributed by atoms with Crippen molar-refractivity contribution in [1.29, 1.82) is 0 Å². The van der Waals surface area contributed by atoms with E-state index in [2.05, 4.69) is 5.32 Å². The number of nitrogens with one attached hydrogen (secondary N) is 1. The summed E-state index contributed by atoms with van der Waals surface area (Å²) in [6.07, 6.45) is 4.79. The second-order valence-corrected chi connectivity index (χ2v) is 6.89. The van der Waals surface area contributed by atoms with E-state index in [9.17, 15) is 0 Å². The predicted octanol–water partition coefficient (Wildman–Crippen LogP) is 4.64. The molecule has 0 bridgehead atoms. The SMILES string of the molecule is CNC(c1nc2c(s1)CCCC2)c1cccc(Cl)c1Cl. The zero-order chi connectivity index (χ0) is 14.1. The van der Waals surface area contributed by atoms with Crippen LogP contribution in [0.15, 0.2) is 18.2 Å². The lowest BCUT2D eigenvalue weighted by Crippen LogP contribution is -2.18. The highest BCUT2D eigenvalue weighted by molar-refractivity contribution is 7.11. The van der Waals surface area contributed by atoms with Crippen LogP contribution in [0.4, 0.5) is 0 Å². The molecule has 2 aromatic rings. The van der Waals surface area contributed by atoms with Gasteiger partial charge < -0.3 is 5.32 Å². The van der Waals surface area contributed by atoms with Crippen molar-refractivity contribution in [2.24, 2.45) is 0 Å². The Bertz CT molecular complexity index is 601. The minimum atomic E-state index is 0.0109. The quantitative estimate of drug-likeness (QED) is 0.888. The van der Waals surface area contributed by atoms with Gasteiger partial charge in [-0.2, -0.15) is 0 Å². The summed E-state index contributed by atoms with van der Waals surface area (Å²) in [7, 11) is 1.93. The summed E-state index contributed by atoms with van der Waals surface area (Å²) in [5.74, 6) is 0. The molecule has 106 valence electrons. The molecule has 1 aromatic heterocycles.